The van der Waals surface area contributed by atoms with Crippen molar-refractivity contribution in [1.29, 1.82) is 0 Å². The molecular weight excluding hydrogens is 302 g/mol. The summed E-state index contributed by atoms with van der Waals surface area (Å²) in [5, 5.41) is 2.54. The molecule has 0 saturated heterocycles. The van der Waals surface area contributed by atoms with Gasteiger partial charge in [0.1, 0.15) is 6.54 Å². The number of hydrogen-bond donors (Lipinski definition) is 1. The van der Waals surface area contributed by atoms with Crippen LogP contribution in [0.15, 0.2) is 30.3 Å². The third kappa shape index (κ3) is 7.26. The minimum absolute atomic E-state index is 0.0312. The molecular formula is C16H21NO4S. The van der Waals surface area contributed by atoms with Crippen molar-refractivity contribution in [2.24, 2.45) is 5.92 Å². The van der Waals surface area contributed by atoms with Crippen LogP contribution >= 0.6 is 11.8 Å². The molecule has 0 spiro atoms. The van der Waals surface area contributed by atoms with Crippen molar-refractivity contribution in [3.63, 3.8) is 0 Å². The zero-order chi connectivity index (χ0) is 16.4. The Hall–Kier alpha value is -1.82. The first-order valence-electron chi connectivity index (χ1n) is 7.13. The molecule has 6 heteroatoms. The lowest BCUT2D eigenvalue weighted by atomic mass is 10.0. The average Bonchev–Trinajstić information content (AvgIpc) is 2.50. The van der Waals surface area contributed by atoms with Gasteiger partial charge in [-0.15, -0.1) is 0 Å². The molecule has 0 aliphatic heterocycles. The fourth-order valence-electron chi connectivity index (χ4n) is 1.86. The van der Waals surface area contributed by atoms with Crippen molar-refractivity contribution < 1.29 is 19.1 Å². The number of esters is 1. The summed E-state index contributed by atoms with van der Waals surface area (Å²) in [4.78, 5) is 34.7. The van der Waals surface area contributed by atoms with Crippen molar-refractivity contribution in [1.82, 2.24) is 5.32 Å². The van der Waals surface area contributed by atoms with Crippen LogP contribution in [-0.4, -0.2) is 35.9 Å². The Bertz CT molecular complexity index is 504. The lowest BCUT2D eigenvalue weighted by molar-refractivity contribution is -0.143. The molecule has 0 saturated carbocycles. The van der Waals surface area contributed by atoms with Crippen LogP contribution < -0.4 is 5.32 Å². The predicted octanol–water partition coefficient (Wildman–Crippen LogP) is 1.80. The van der Waals surface area contributed by atoms with Crippen LogP contribution in [0.5, 0.6) is 0 Å². The molecule has 1 unspecified atom stereocenters. The van der Waals surface area contributed by atoms with Gasteiger partial charge in [0, 0.05) is 12.7 Å². The maximum Gasteiger partial charge on any atom is 0.325 e. The summed E-state index contributed by atoms with van der Waals surface area (Å²) < 4.78 is 4.78. The molecule has 1 rings (SSSR count). The van der Waals surface area contributed by atoms with E-state index in [1.165, 1.54) is 6.92 Å². The Morgan fingerprint density at radius 1 is 1.23 bits per heavy atom. The highest BCUT2D eigenvalue weighted by atomic mass is 32.2. The molecule has 1 atom stereocenters. The predicted molar refractivity (Wildman–Crippen MR) is 86.4 cm³/mol. The average molecular weight is 323 g/mol. The van der Waals surface area contributed by atoms with Gasteiger partial charge in [-0.3, -0.25) is 14.4 Å². The second-order valence-corrected chi connectivity index (χ2v) is 5.91. The van der Waals surface area contributed by atoms with Gasteiger partial charge in [0.2, 0.25) is 5.91 Å². The molecule has 1 N–H and O–H groups in total. The zero-order valence-electron chi connectivity index (χ0n) is 12.8. The minimum Gasteiger partial charge on any atom is -0.465 e. The van der Waals surface area contributed by atoms with Gasteiger partial charge in [-0.1, -0.05) is 42.1 Å². The van der Waals surface area contributed by atoms with Gasteiger partial charge >= 0.3 is 5.97 Å². The van der Waals surface area contributed by atoms with E-state index in [-0.39, 0.29) is 30.1 Å². The van der Waals surface area contributed by atoms with Crippen LogP contribution in [-0.2, 0) is 25.5 Å². The molecule has 5 nitrogen and oxygen atoms in total. The summed E-state index contributed by atoms with van der Waals surface area (Å²) in [7, 11) is 0. The molecule has 0 bridgehead atoms. The molecule has 1 aromatic carbocycles. The number of hydrogen-bond acceptors (Lipinski definition) is 5. The monoisotopic (exact) mass is 323 g/mol. The van der Waals surface area contributed by atoms with Crippen molar-refractivity contribution in [2.75, 3.05) is 18.9 Å². The highest BCUT2D eigenvalue weighted by molar-refractivity contribution is 8.13. The van der Waals surface area contributed by atoms with Crippen molar-refractivity contribution in [3.8, 4) is 0 Å². The zero-order valence-corrected chi connectivity index (χ0v) is 13.7. The first-order valence-corrected chi connectivity index (χ1v) is 8.12. The first-order chi connectivity index (χ1) is 10.5. The Labute approximate surface area is 134 Å². The fraction of sp³-hybridized carbons (Fsp3) is 0.438. The molecule has 22 heavy (non-hydrogen) atoms. The maximum atomic E-state index is 12.2. The summed E-state index contributed by atoms with van der Waals surface area (Å²) in [6.45, 7) is 3.31. The molecule has 0 aliphatic carbocycles. The third-order valence-electron chi connectivity index (χ3n) is 2.90. The highest BCUT2D eigenvalue weighted by Crippen LogP contribution is 2.15. The van der Waals surface area contributed by atoms with Gasteiger partial charge < -0.3 is 10.1 Å². The minimum atomic E-state index is -0.464. The molecule has 120 valence electrons. The normalized spacial score (nSPS) is 11.5. The van der Waals surface area contributed by atoms with E-state index in [0.29, 0.717) is 12.2 Å². The lowest BCUT2D eigenvalue weighted by Gasteiger charge is -2.16. The Kier molecular flexibility index (Phi) is 8.28. The van der Waals surface area contributed by atoms with E-state index in [4.69, 9.17) is 4.74 Å². The number of carbonyl (C=O) groups is 3. The van der Waals surface area contributed by atoms with E-state index in [1.807, 2.05) is 30.3 Å². The van der Waals surface area contributed by atoms with Crippen LogP contribution in [0, 0.1) is 5.92 Å². The molecule has 0 aliphatic rings. The number of amides is 1. The molecule has 0 heterocycles. The van der Waals surface area contributed by atoms with Crippen molar-refractivity contribution in [3.05, 3.63) is 35.9 Å². The van der Waals surface area contributed by atoms with Gasteiger partial charge in [-0.25, -0.2) is 0 Å². The third-order valence-corrected chi connectivity index (χ3v) is 3.87. The topological polar surface area (TPSA) is 72.5 Å². The molecule has 0 fully saturated rings. The highest BCUT2D eigenvalue weighted by Gasteiger charge is 2.20. The van der Waals surface area contributed by atoms with Crippen LogP contribution in [0.25, 0.3) is 0 Å². The van der Waals surface area contributed by atoms with Crippen LogP contribution in [0.3, 0.4) is 0 Å². The first kappa shape index (κ1) is 18.2. The summed E-state index contributed by atoms with van der Waals surface area (Å²) in [6, 6.07) is 9.58. The van der Waals surface area contributed by atoms with Gasteiger partial charge in [0.15, 0.2) is 5.12 Å². The Morgan fingerprint density at radius 3 is 2.50 bits per heavy atom. The van der Waals surface area contributed by atoms with Crippen molar-refractivity contribution >= 4 is 28.8 Å². The fourth-order valence-corrected chi connectivity index (χ4v) is 2.56. The second kappa shape index (κ2) is 10.00. The quantitative estimate of drug-likeness (QED) is 0.739. The van der Waals surface area contributed by atoms with Crippen LogP contribution in [0.1, 0.15) is 19.4 Å². The van der Waals surface area contributed by atoms with Gasteiger partial charge in [0.05, 0.1) is 12.5 Å². The van der Waals surface area contributed by atoms with Crippen LogP contribution in [0.2, 0.25) is 0 Å². The van der Waals surface area contributed by atoms with Crippen molar-refractivity contribution in [2.45, 2.75) is 20.3 Å². The van der Waals surface area contributed by atoms with E-state index < -0.39 is 5.97 Å². The van der Waals surface area contributed by atoms with E-state index >= 15 is 0 Å². The number of carbonyl (C=O) groups excluding carboxylic acids is 3. The van der Waals surface area contributed by atoms with E-state index in [1.54, 1.807) is 6.92 Å². The molecule has 1 amide bonds. The van der Waals surface area contributed by atoms with Gasteiger partial charge in [0.25, 0.3) is 0 Å². The number of ether oxygens (including phenoxy) is 1. The van der Waals surface area contributed by atoms with Gasteiger partial charge in [-0.05, 0) is 18.9 Å². The summed E-state index contributed by atoms with van der Waals surface area (Å²) in [6.07, 6.45) is 0.524. The Balaban J connectivity index is 2.61. The summed E-state index contributed by atoms with van der Waals surface area (Å²) >= 11 is 1.12. The molecule has 0 radical (unpaired) electrons. The number of nitrogens with one attached hydrogen (secondary N) is 1. The van der Waals surface area contributed by atoms with E-state index in [0.717, 1.165) is 17.3 Å². The number of benzene rings is 1. The molecule has 1 aromatic rings. The van der Waals surface area contributed by atoms with Crippen LogP contribution in [0.4, 0.5) is 0 Å². The largest absolute Gasteiger partial charge is 0.465 e. The van der Waals surface area contributed by atoms with Gasteiger partial charge in [-0.2, -0.15) is 0 Å². The van der Waals surface area contributed by atoms with E-state index in [2.05, 4.69) is 5.32 Å². The Morgan fingerprint density at radius 2 is 1.91 bits per heavy atom. The standard InChI is InChI=1S/C16H21NO4S/c1-3-21-15(19)10-17-16(20)14(11-22-12(2)18)9-13-7-5-4-6-8-13/h4-8,14H,3,9-11H2,1-2H3,(H,17,20). The summed E-state index contributed by atoms with van der Waals surface area (Å²) in [5.41, 5.74) is 1.02. The number of thioether (sulfide) groups is 1. The second-order valence-electron chi connectivity index (χ2n) is 4.71. The molecule has 0 aromatic heterocycles. The number of rotatable bonds is 8. The lowest BCUT2D eigenvalue weighted by Crippen LogP contribution is -2.37. The SMILES string of the molecule is CCOC(=O)CNC(=O)C(CSC(C)=O)Cc1ccccc1. The summed E-state index contributed by atoms with van der Waals surface area (Å²) in [5.74, 6) is -0.691. The van der Waals surface area contributed by atoms with E-state index in [9.17, 15) is 14.4 Å². The smallest absolute Gasteiger partial charge is 0.325 e. The maximum absolute atomic E-state index is 12.2.